The number of H-pyrrole nitrogens is 1. The topological polar surface area (TPSA) is 117 Å². The van der Waals surface area contributed by atoms with Gasteiger partial charge in [0, 0.05) is 34.5 Å². The number of amides is 1. The van der Waals surface area contributed by atoms with Crippen LogP contribution < -0.4 is 10.1 Å². The summed E-state index contributed by atoms with van der Waals surface area (Å²) in [5.41, 5.74) is 4.74. The number of carbonyl (C=O) groups excluding carboxylic acids is 1. The Kier molecular flexibility index (Phi) is 5.82. The van der Waals surface area contributed by atoms with Crippen molar-refractivity contribution in [3.8, 4) is 17.0 Å². The maximum absolute atomic E-state index is 12.0. The van der Waals surface area contributed by atoms with Crippen molar-refractivity contribution in [2.75, 3.05) is 11.9 Å². The number of nitrogens with one attached hydrogen (secondary N) is 2. The molecule has 27 heavy (non-hydrogen) atoms. The molecule has 0 saturated heterocycles. The second-order valence-corrected chi connectivity index (χ2v) is 6.55. The third-order valence-electron chi connectivity index (χ3n) is 4.05. The van der Waals surface area contributed by atoms with E-state index in [2.05, 4.69) is 20.5 Å². The average Bonchev–Trinajstić information content (AvgIpc) is 3.32. The lowest BCUT2D eigenvalue weighted by molar-refractivity contribution is -0.123. The largest absolute Gasteiger partial charge is 0.494 e. The highest BCUT2D eigenvalue weighted by atomic mass is 32.1. The fraction of sp³-hybridized carbons (Fsp3) is 0.222. The van der Waals surface area contributed by atoms with Gasteiger partial charge >= 0.3 is 0 Å². The van der Waals surface area contributed by atoms with Crippen LogP contribution in [-0.4, -0.2) is 39.3 Å². The van der Waals surface area contributed by atoms with Gasteiger partial charge in [-0.05, 0) is 31.2 Å². The van der Waals surface area contributed by atoms with Gasteiger partial charge in [-0.1, -0.05) is 0 Å². The Hall–Kier alpha value is -3.20. The quantitative estimate of drug-likeness (QED) is 0.593. The van der Waals surface area contributed by atoms with Crippen LogP contribution in [0.5, 0.6) is 5.75 Å². The van der Waals surface area contributed by atoms with Crippen molar-refractivity contribution in [2.45, 2.75) is 19.3 Å². The van der Waals surface area contributed by atoms with Crippen molar-refractivity contribution in [1.82, 2.24) is 15.2 Å². The third-order valence-corrected chi connectivity index (χ3v) is 4.94. The first-order valence-corrected chi connectivity index (χ1v) is 9.13. The zero-order valence-electron chi connectivity index (χ0n) is 14.5. The standard InChI is InChI=1S/C17H16N4O2S.CH2O2/c1-2-23-11-5-3-10(4-6-11)16-15-12(13-8-18-9-24-13)7-14(22)19-17(15)21-20-16;2-1-3/h3-6,8-9,12H,2,7H2,1H3,(H2,19,20,21,22);1H,(H,2,3). The Bertz CT molecular complexity index is 906. The van der Waals surface area contributed by atoms with Gasteiger partial charge in [-0.3, -0.25) is 19.7 Å². The molecular formula is C18H18N4O4S. The van der Waals surface area contributed by atoms with Crippen LogP contribution in [0, 0.1) is 0 Å². The smallest absolute Gasteiger partial charge is 0.290 e. The monoisotopic (exact) mass is 386 g/mol. The number of thiazole rings is 1. The molecule has 0 spiro atoms. The van der Waals surface area contributed by atoms with Gasteiger partial charge in [-0.25, -0.2) is 0 Å². The van der Waals surface area contributed by atoms with Crippen LogP contribution in [0.1, 0.15) is 29.7 Å². The number of anilines is 1. The van der Waals surface area contributed by atoms with Crippen molar-refractivity contribution in [3.05, 3.63) is 46.4 Å². The van der Waals surface area contributed by atoms with E-state index in [1.807, 2.05) is 37.4 Å². The Morgan fingerprint density at radius 2 is 2.11 bits per heavy atom. The van der Waals surface area contributed by atoms with Crippen LogP contribution in [0.2, 0.25) is 0 Å². The van der Waals surface area contributed by atoms with E-state index in [0.717, 1.165) is 27.4 Å². The summed E-state index contributed by atoms with van der Waals surface area (Å²) >= 11 is 1.56. The molecule has 3 aromatic rings. The summed E-state index contributed by atoms with van der Waals surface area (Å²) in [6.07, 6.45) is 2.23. The van der Waals surface area contributed by atoms with E-state index in [1.54, 1.807) is 16.8 Å². The first-order chi connectivity index (χ1) is 13.2. The van der Waals surface area contributed by atoms with Gasteiger partial charge in [-0.2, -0.15) is 5.10 Å². The first-order valence-electron chi connectivity index (χ1n) is 8.25. The van der Waals surface area contributed by atoms with Crippen LogP contribution in [0.25, 0.3) is 11.3 Å². The van der Waals surface area contributed by atoms with E-state index in [1.165, 1.54) is 0 Å². The van der Waals surface area contributed by atoms with E-state index < -0.39 is 0 Å². The lowest BCUT2D eigenvalue weighted by Crippen LogP contribution is -2.22. The zero-order chi connectivity index (χ0) is 19.2. The summed E-state index contributed by atoms with van der Waals surface area (Å²) < 4.78 is 5.50. The Labute approximate surface area is 159 Å². The van der Waals surface area contributed by atoms with Crippen molar-refractivity contribution < 1.29 is 19.4 Å². The average molecular weight is 386 g/mol. The molecule has 1 aromatic carbocycles. The molecule has 0 radical (unpaired) electrons. The second kappa shape index (κ2) is 8.45. The summed E-state index contributed by atoms with van der Waals surface area (Å²) in [5, 5.41) is 17.1. The number of carboxylic acid groups (broad SMARTS) is 1. The molecule has 3 heterocycles. The lowest BCUT2D eigenvalue weighted by Gasteiger charge is -2.21. The summed E-state index contributed by atoms with van der Waals surface area (Å²) in [6.45, 7) is 2.35. The molecule has 0 saturated carbocycles. The zero-order valence-corrected chi connectivity index (χ0v) is 15.3. The van der Waals surface area contributed by atoms with Gasteiger partial charge in [0.25, 0.3) is 6.47 Å². The first kappa shape index (κ1) is 18.6. The maximum atomic E-state index is 12.0. The predicted octanol–water partition coefficient (Wildman–Crippen LogP) is 3.11. The van der Waals surface area contributed by atoms with Crippen LogP contribution in [0.15, 0.2) is 36.0 Å². The lowest BCUT2D eigenvalue weighted by atomic mass is 9.89. The number of carbonyl (C=O) groups is 2. The van der Waals surface area contributed by atoms with Gasteiger partial charge in [0.1, 0.15) is 5.75 Å². The van der Waals surface area contributed by atoms with Crippen LogP contribution in [-0.2, 0) is 9.59 Å². The highest BCUT2D eigenvalue weighted by Crippen LogP contribution is 2.42. The minimum atomic E-state index is -0.250. The number of hydrogen-bond donors (Lipinski definition) is 3. The van der Waals surface area contributed by atoms with Gasteiger partial charge in [0.15, 0.2) is 5.82 Å². The van der Waals surface area contributed by atoms with E-state index in [9.17, 15) is 4.79 Å². The minimum Gasteiger partial charge on any atom is -0.494 e. The molecule has 1 unspecified atom stereocenters. The molecule has 0 fully saturated rings. The van der Waals surface area contributed by atoms with E-state index in [4.69, 9.17) is 14.6 Å². The molecule has 1 amide bonds. The van der Waals surface area contributed by atoms with Crippen LogP contribution in [0.4, 0.5) is 5.82 Å². The number of fused-ring (bicyclic) bond motifs is 1. The predicted molar refractivity (Wildman–Crippen MR) is 101 cm³/mol. The molecule has 8 nitrogen and oxygen atoms in total. The second-order valence-electron chi connectivity index (χ2n) is 5.63. The molecule has 2 aromatic heterocycles. The number of nitrogens with zero attached hydrogens (tertiary/aromatic N) is 2. The molecule has 1 atom stereocenters. The van der Waals surface area contributed by atoms with Crippen molar-refractivity contribution in [3.63, 3.8) is 0 Å². The van der Waals surface area contributed by atoms with Crippen molar-refractivity contribution in [2.24, 2.45) is 0 Å². The van der Waals surface area contributed by atoms with Gasteiger partial charge in [-0.15, -0.1) is 11.3 Å². The molecule has 140 valence electrons. The highest BCUT2D eigenvalue weighted by molar-refractivity contribution is 7.09. The van der Waals surface area contributed by atoms with Crippen LogP contribution in [0.3, 0.4) is 0 Å². The minimum absolute atomic E-state index is 0.0226. The molecule has 4 rings (SSSR count). The summed E-state index contributed by atoms with van der Waals surface area (Å²) in [7, 11) is 0. The fourth-order valence-corrected chi connectivity index (χ4v) is 3.73. The van der Waals surface area contributed by atoms with Gasteiger partial charge in [0.2, 0.25) is 5.91 Å². The van der Waals surface area contributed by atoms with E-state index in [-0.39, 0.29) is 18.3 Å². The number of hydrogen-bond acceptors (Lipinski definition) is 6. The molecule has 1 aliphatic heterocycles. The third kappa shape index (κ3) is 3.98. The summed E-state index contributed by atoms with van der Waals surface area (Å²) in [4.78, 5) is 25.6. The summed E-state index contributed by atoms with van der Waals surface area (Å²) in [6, 6.07) is 7.88. The number of benzene rings is 1. The number of rotatable bonds is 4. The SMILES string of the molecule is CCOc1ccc(-c2[nH]nc3c2C(c2cncs2)CC(=O)N3)cc1.O=CO. The molecular weight excluding hydrogens is 368 g/mol. The maximum Gasteiger partial charge on any atom is 0.290 e. The van der Waals surface area contributed by atoms with Gasteiger partial charge in [0.05, 0.1) is 17.8 Å². The van der Waals surface area contributed by atoms with Crippen molar-refractivity contribution in [1.29, 1.82) is 0 Å². The fourth-order valence-electron chi connectivity index (χ4n) is 3.00. The molecule has 9 heteroatoms. The van der Waals surface area contributed by atoms with E-state index >= 15 is 0 Å². The molecule has 1 aliphatic rings. The highest BCUT2D eigenvalue weighted by Gasteiger charge is 2.32. The number of ether oxygens (including phenoxy) is 1. The Morgan fingerprint density at radius 1 is 1.37 bits per heavy atom. The van der Waals surface area contributed by atoms with E-state index in [0.29, 0.717) is 18.8 Å². The molecule has 0 aliphatic carbocycles. The molecule has 0 bridgehead atoms. The van der Waals surface area contributed by atoms with Crippen LogP contribution >= 0.6 is 11.3 Å². The van der Waals surface area contributed by atoms with Crippen molar-refractivity contribution >= 4 is 29.5 Å². The number of aromatic nitrogens is 3. The Balaban J connectivity index is 0.000000659. The number of aromatic amines is 1. The normalized spacial score (nSPS) is 15.1. The Morgan fingerprint density at radius 3 is 2.74 bits per heavy atom. The molecule has 3 N–H and O–H groups in total. The summed E-state index contributed by atoms with van der Waals surface area (Å²) in [5.74, 6) is 1.39. The van der Waals surface area contributed by atoms with Gasteiger partial charge < -0.3 is 15.2 Å².